The number of methoxy groups -OCH3 is 1. The van der Waals surface area contributed by atoms with Gasteiger partial charge in [0, 0.05) is 53.1 Å². The van der Waals surface area contributed by atoms with Crippen LogP contribution in [-0.4, -0.2) is 66.1 Å². The zero-order chi connectivity index (χ0) is 13.8. The Labute approximate surface area is 113 Å². The van der Waals surface area contributed by atoms with E-state index in [1.165, 1.54) is 0 Å². The molecule has 2 heterocycles. The van der Waals surface area contributed by atoms with E-state index in [2.05, 4.69) is 14.9 Å². The Morgan fingerprint density at radius 3 is 3.00 bits per heavy atom. The highest BCUT2D eigenvalue weighted by Crippen LogP contribution is 2.31. The second-order valence-electron chi connectivity index (χ2n) is 5.12. The summed E-state index contributed by atoms with van der Waals surface area (Å²) in [6.07, 6.45) is 5.25. The molecular formula is C13H22N4O2. The number of likely N-dealkylation sites (tertiary alicyclic amines) is 1. The molecule has 1 N–H and O–H groups in total. The Morgan fingerprint density at radius 2 is 2.42 bits per heavy atom. The summed E-state index contributed by atoms with van der Waals surface area (Å²) >= 11 is 0. The first-order valence-corrected chi connectivity index (χ1v) is 6.58. The van der Waals surface area contributed by atoms with Gasteiger partial charge in [-0.05, 0) is 6.42 Å². The Kier molecular flexibility index (Phi) is 4.55. The van der Waals surface area contributed by atoms with E-state index in [9.17, 15) is 4.79 Å². The molecule has 1 aliphatic heterocycles. The number of aromatic amines is 1. The van der Waals surface area contributed by atoms with Crippen LogP contribution in [0.1, 0.15) is 24.7 Å². The molecule has 0 bridgehead atoms. The third kappa shape index (κ3) is 3.33. The van der Waals surface area contributed by atoms with Gasteiger partial charge in [0.25, 0.3) is 0 Å². The number of rotatable bonds is 5. The fraction of sp³-hybridized carbons (Fsp3) is 0.692. The number of nitrogens with one attached hydrogen (secondary N) is 1. The van der Waals surface area contributed by atoms with Crippen molar-refractivity contribution in [2.24, 2.45) is 0 Å². The molecule has 0 aromatic carbocycles. The second kappa shape index (κ2) is 6.16. The van der Waals surface area contributed by atoms with Crippen LogP contribution in [0.5, 0.6) is 0 Å². The topological polar surface area (TPSA) is 61.5 Å². The van der Waals surface area contributed by atoms with Crippen molar-refractivity contribution in [3.8, 4) is 0 Å². The lowest BCUT2D eigenvalue weighted by molar-refractivity contribution is -0.129. The third-order valence-corrected chi connectivity index (χ3v) is 3.65. The van der Waals surface area contributed by atoms with Crippen LogP contribution in [0, 0.1) is 0 Å². The first kappa shape index (κ1) is 14.0. The monoisotopic (exact) mass is 266 g/mol. The van der Waals surface area contributed by atoms with Gasteiger partial charge in [-0.1, -0.05) is 0 Å². The molecule has 0 radical (unpaired) electrons. The van der Waals surface area contributed by atoms with Crippen molar-refractivity contribution in [1.29, 1.82) is 0 Å². The number of H-pyrrole nitrogens is 1. The van der Waals surface area contributed by atoms with Gasteiger partial charge in [0.1, 0.15) is 5.82 Å². The molecule has 1 unspecified atom stereocenters. The van der Waals surface area contributed by atoms with E-state index in [4.69, 9.17) is 4.74 Å². The number of ether oxygens (including phenoxy) is 1. The maximum atomic E-state index is 11.7. The van der Waals surface area contributed by atoms with Crippen molar-refractivity contribution in [1.82, 2.24) is 19.8 Å². The van der Waals surface area contributed by atoms with Gasteiger partial charge in [0.2, 0.25) is 5.91 Å². The van der Waals surface area contributed by atoms with E-state index in [-0.39, 0.29) is 18.1 Å². The van der Waals surface area contributed by atoms with Crippen molar-refractivity contribution in [3.05, 3.63) is 18.2 Å². The van der Waals surface area contributed by atoms with Crippen LogP contribution in [0.2, 0.25) is 0 Å². The first-order valence-electron chi connectivity index (χ1n) is 6.58. The van der Waals surface area contributed by atoms with Crippen LogP contribution in [0.25, 0.3) is 0 Å². The molecule has 1 aromatic heterocycles. The highest BCUT2D eigenvalue weighted by atomic mass is 16.5. The molecule has 2 atom stereocenters. The molecule has 1 aliphatic rings. The Hall–Kier alpha value is -1.40. The van der Waals surface area contributed by atoms with E-state index in [0.717, 1.165) is 25.3 Å². The van der Waals surface area contributed by atoms with E-state index >= 15 is 0 Å². The van der Waals surface area contributed by atoms with Gasteiger partial charge in [-0.3, -0.25) is 9.69 Å². The number of nitrogens with zero attached hydrogens (tertiary/aromatic N) is 3. The van der Waals surface area contributed by atoms with Crippen LogP contribution in [-0.2, 0) is 9.53 Å². The fourth-order valence-corrected chi connectivity index (χ4v) is 2.49. The smallest absolute Gasteiger partial charge is 0.223 e. The van der Waals surface area contributed by atoms with Gasteiger partial charge in [-0.2, -0.15) is 0 Å². The summed E-state index contributed by atoms with van der Waals surface area (Å²) in [5.41, 5.74) is 0. The molecular weight excluding hydrogens is 244 g/mol. The quantitative estimate of drug-likeness (QED) is 0.850. The Bertz CT molecular complexity index is 405. The molecule has 2 rings (SSSR count). The minimum atomic E-state index is 0.152. The lowest BCUT2D eigenvalue weighted by Crippen LogP contribution is -2.31. The molecule has 106 valence electrons. The number of carbonyl (C=O) groups is 1. The third-order valence-electron chi connectivity index (χ3n) is 3.65. The van der Waals surface area contributed by atoms with Crippen molar-refractivity contribution >= 4 is 5.91 Å². The van der Waals surface area contributed by atoms with Gasteiger partial charge in [-0.15, -0.1) is 0 Å². The van der Waals surface area contributed by atoms with Crippen LogP contribution in [0.3, 0.4) is 0 Å². The number of amides is 1. The molecule has 1 fully saturated rings. The highest BCUT2D eigenvalue weighted by molar-refractivity contribution is 5.75. The molecule has 1 amide bonds. The summed E-state index contributed by atoms with van der Waals surface area (Å²) in [5.74, 6) is 1.11. The van der Waals surface area contributed by atoms with E-state index in [1.54, 1.807) is 32.3 Å². The zero-order valence-electron chi connectivity index (χ0n) is 11.8. The van der Waals surface area contributed by atoms with Crippen LogP contribution < -0.4 is 0 Å². The predicted molar refractivity (Wildman–Crippen MR) is 71.6 cm³/mol. The van der Waals surface area contributed by atoms with Crippen molar-refractivity contribution in [3.63, 3.8) is 0 Å². The minimum absolute atomic E-state index is 0.152. The van der Waals surface area contributed by atoms with Crippen molar-refractivity contribution < 1.29 is 9.53 Å². The highest BCUT2D eigenvalue weighted by Gasteiger charge is 2.34. The average Bonchev–Trinajstić information content (AvgIpc) is 3.04. The second-order valence-corrected chi connectivity index (χ2v) is 5.12. The largest absolute Gasteiger partial charge is 0.380 e. The SMILES string of the molecule is CO[C@@H]1CC(c2ncc[nH]2)N(CCC(=O)N(C)C)C1. The first-order chi connectivity index (χ1) is 9.11. The number of aromatic nitrogens is 2. The van der Waals surface area contributed by atoms with Crippen molar-refractivity contribution in [2.45, 2.75) is 25.0 Å². The van der Waals surface area contributed by atoms with E-state index in [0.29, 0.717) is 6.42 Å². The molecule has 19 heavy (non-hydrogen) atoms. The number of hydrogen-bond donors (Lipinski definition) is 1. The zero-order valence-corrected chi connectivity index (χ0v) is 11.8. The summed E-state index contributed by atoms with van der Waals surface area (Å²) < 4.78 is 5.45. The Morgan fingerprint density at radius 1 is 1.63 bits per heavy atom. The normalized spacial score (nSPS) is 23.7. The van der Waals surface area contributed by atoms with Crippen LogP contribution >= 0.6 is 0 Å². The number of hydrogen-bond acceptors (Lipinski definition) is 4. The van der Waals surface area contributed by atoms with E-state index in [1.807, 2.05) is 6.20 Å². The molecule has 0 aliphatic carbocycles. The number of imidazole rings is 1. The van der Waals surface area contributed by atoms with Gasteiger partial charge in [0.15, 0.2) is 0 Å². The van der Waals surface area contributed by atoms with Gasteiger partial charge < -0.3 is 14.6 Å². The summed E-state index contributed by atoms with van der Waals surface area (Å²) in [6, 6.07) is 0.218. The maximum absolute atomic E-state index is 11.7. The standard InChI is InChI=1S/C13H22N4O2/c1-16(2)12(18)4-7-17-9-10(19-3)8-11(17)13-14-5-6-15-13/h5-6,10-11H,4,7-9H2,1-3H3,(H,14,15)/t10-,11?/m1/s1. The van der Waals surface area contributed by atoms with Crippen LogP contribution in [0.4, 0.5) is 0 Å². The molecule has 0 saturated carbocycles. The lowest BCUT2D eigenvalue weighted by atomic mass is 10.2. The number of carbonyl (C=O) groups excluding carboxylic acids is 1. The maximum Gasteiger partial charge on any atom is 0.223 e. The summed E-state index contributed by atoms with van der Waals surface area (Å²) in [5, 5.41) is 0. The van der Waals surface area contributed by atoms with E-state index < -0.39 is 0 Å². The van der Waals surface area contributed by atoms with Crippen molar-refractivity contribution in [2.75, 3.05) is 34.3 Å². The van der Waals surface area contributed by atoms with Gasteiger partial charge >= 0.3 is 0 Å². The molecule has 6 nitrogen and oxygen atoms in total. The van der Waals surface area contributed by atoms with Gasteiger partial charge in [-0.25, -0.2) is 4.98 Å². The van der Waals surface area contributed by atoms with Gasteiger partial charge in [0.05, 0.1) is 12.1 Å². The summed E-state index contributed by atoms with van der Waals surface area (Å²) in [6.45, 7) is 1.59. The molecule has 1 saturated heterocycles. The minimum Gasteiger partial charge on any atom is -0.380 e. The average molecular weight is 266 g/mol. The molecule has 6 heteroatoms. The molecule has 0 spiro atoms. The Balaban J connectivity index is 1.98. The molecule has 1 aromatic rings. The predicted octanol–water partition coefficient (Wildman–Crippen LogP) is 0.650. The lowest BCUT2D eigenvalue weighted by Gasteiger charge is -2.22. The summed E-state index contributed by atoms with van der Waals surface area (Å²) in [4.78, 5) is 23.1. The fourth-order valence-electron chi connectivity index (χ4n) is 2.49. The summed E-state index contributed by atoms with van der Waals surface area (Å²) in [7, 11) is 5.31. The van der Waals surface area contributed by atoms with Crippen LogP contribution in [0.15, 0.2) is 12.4 Å².